The predicted octanol–water partition coefficient (Wildman–Crippen LogP) is 6.27. The van der Waals surface area contributed by atoms with E-state index in [0.717, 1.165) is 24.0 Å². The molecule has 6 heteroatoms. The summed E-state index contributed by atoms with van der Waals surface area (Å²) < 4.78 is 0. The maximum absolute atomic E-state index is 13.1. The van der Waals surface area contributed by atoms with Gasteiger partial charge in [0.15, 0.2) is 11.6 Å². The van der Waals surface area contributed by atoms with E-state index < -0.39 is 5.54 Å². The molecule has 0 aliphatic carbocycles. The second-order valence-corrected chi connectivity index (χ2v) is 8.68. The van der Waals surface area contributed by atoms with Crippen molar-refractivity contribution < 1.29 is 4.79 Å². The molecule has 0 saturated carbocycles. The molecule has 4 aromatic rings. The van der Waals surface area contributed by atoms with Crippen LogP contribution in [-0.4, -0.2) is 32.5 Å². The molecular formula is C27H27ClN4O. The van der Waals surface area contributed by atoms with Gasteiger partial charge in [-0.1, -0.05) is 78.3 Å². The standard InChI is InChI=1S/C21H21ClN4O.C6H6/c1-14-16(10-6-11-17(14)22)18-23-20(25-24-18)21(2)12-7-13-26(21)19(27)15-8-4-3-5-9-15;1-2-4-6-5-3-1/h3-6,8-11H,7,12-13H2,1-2H3,(H,23,24,25);1-6H/t21-;/m0./s1. The molecule has 1 N–H and O–H groups in total. The molecule has 2 heterocycles. The number of H-pyrrole nitrogens is 1. The van der Waals surface area contributed by atoms with Crippen molar-refractivity contribution in [2.45, 2.75) is 32.2 Å². The largest absolute Gasteiger partial charge is 0.326 e. The maximum atomic E-state index is 13.1. The summed E-state index contributed by atoms with van der Waals surface area (Å²) in [7, 11) is 0. The van der Waals surface area contributed by atoms with Crippen LogP contribution in [0.3, 0.4) is 0 Å². The van der Waals surface area contributed by atoms with Crippen LogP contribution in [0, 0.1) is 6.92 Å². The van der Waals surface area contributed by atoms with E-state index in [1.165, 1.54) is 0 Å². The van der Waals surface area contributed by atoms with Gasteiger partial charge in [0, 0.05) is 22.7 Å². The van der Waals surface area contributed by atoms with Crippen molar-refractivity contribution in [2.75, 3.05) is 6.54 Å². The Kier molecular flexibility index (Phi) is 6.90. The lowest BCUT2D eigenvalue weighted by molar-refractivity contribution is 0.0604. The van der Waals surface area contributed by atoms with Gasteiger partial charge in [-0.15, -0.1) is 0 Å². The van der Waals surface area contributed by atoms with E-state index in [-0.39, 0.29) is 5.91 Å². The normalized spacial score (nSPS) is 17.4. The van der Waals surface area contributed by atoms with Gasteiger partial charge in [0.05, 0.1) is 5.54 Å². The summed E-state index contributed by atoms with van der Waals surface area (Å²) in [4.78, 5) is 19.7. The minimum Gasteiger partial charge on any atom is -0.326 e. The Morgan fingerprint density at radius 2 is 1.61 bits per heavy atom. The highest BCUT2D eigenvalue weighted by Crippen LogP contribution is 2.38. The Morgan fingerprint density at radius 3 is 2.27 bits per heavy atom. The first-order chi connectivity index (χ1) is 16.0. The predicted molar refractivity (Wildman–Crippen MR) is 132 cm³/mol. The highest BCUT2D eigenvalue weighted by Gasteiger charge is 2.44. The number of hydrogen-bond acceptors (Lipinski definition) is 3. The number of halogens is 1. The second-order valence-electron chi connectivity index (χ2n) is 8.27. The SMILES string of the molecule is Cc1c(Cl)cccc1-c1n[nH]c([C@]2(C)CCCN2C(=O)c2ccccc2)n1.c1ccccc1. The molecule has 5 rings (SSSR count). The van der Waals surface area contributed by atoms with Crippen molar-refractivity contribution in [2.24, 2.45) is 0 Å². The summed E-state index contributed by atoms with van der Waals surface area (Å²) >= 11 is 6.24. The minimum atomic E-state index is -0.509. The van der Waals surface area contributed by atoms with Crippen molar-refractivity contribution in [1.29, 1.82) is 0 Å². The van der Waals surface area contributed by atoms with Crippen LogP contribution < -0.4 is 0 Å². The third-order valence-electron chi connectivity index (χ3n) is 6.08. The van der Waals surface area contributed by atoms with Crippen LogP contribution in [0.2, 0.25) is 5.02 Å². The number of hydrogen-bond donors (Lipinski definition) is 1. The topological polar surface area (TPSA) is 61.9 Å². The number of carbonyl (C=O) groups is 1. The van der Waals surface area contributed by atoms with Crippen LogP contribution >= 0.6 is 11.6 Å². The van der Waals surface area contributed by atoms with Gasteiger partial charge in [-0.05, 0) is 50.5 Å². The summed E-state index contributed by atoms with van der Waals surface area (Å²) in [6.45, 7) is 4.71. The number of nitrogens with one attached hydrogen (secondary N) is 1. The van der Waals surface area contributed by atoms with Crippen LogP contribution in [-0.2, 0) is 5.54 Å². The third kappa shape index (κ3) is 4.83. The van der Waals surface area contributed by atoms with Gasteiger partial charge < -0.3 is 4.90 Å². The number of aromatic nitrogens is 3. The summed E-state index contributed by atoms with van der Waals surface area (Å²) in [5, 5.41) is 8.17. The van der Waals surface area contributed by atoms with Crippen molar-refractivity contribution in [3.63, 3.8) is 0 Å². The molecular weight excluding hydrogens is 432 g/mol. The van der Waals surface area contributed by atoms with Gasteiger partial charge in [0.2, 0.25) is 0 Å². The average Bonchev–Trinajstić information content (AvgIpc) is 3.51. The highest BCUT2D eigenvalue weighted by molar-refractivity contribution is 6.31. The first-order valence-corrected chi connectivity index (χ1v) is 11.4. The molecule has 1 atom stereocenters. The fourth-order valence-corrected chi connectivity index (χ4v) is 4.30. The number of benzene rings is 3. The molecule has 5 nitrogen and oxygen atoms in total. The molecule has 0 spiro atoms. The molecule has 1 saturated heterocycles. The number of nitrogens with zero attached hydrogens (tertiary/aromatic N) is 3. The third-order valence-corrected chi connectivity index (χ3v) is 6.49. The Morgan fingerprint density at radius 1 is 0.970 bits per heavy atom. The van der Waals surface area contributed by atoms with E-state index in [2.05, 4.69) is 17.1 Å². The van der Waals surface area contributed by atoms with E-state index in [4.69, 9.17) is 16.6 Å². The quantitative estimate of drug-likeness (QED) is 0.393. The maximum Gasteiger partial charge on any atom is 0.254 e. The molecule has 1 amide bonds. The van der Waals surface area contributed by atoms with Gasteiger partial charge in [-0.25, -0.2) is 4.98 Å². The fourth-order valence-electron chi connectivity index (χ4n) is 4.13. The number of carbonyl (C=O) groups excluding carboxylic acids is 1. The molecule has 1 aromatic heterocycles. The Labute approximate surface area is 199 Å². The molecule has 3 aromatic carbocycles. The molecule has 168 valence electrons. The average molecular weight is 459 g/mol. The minimum absolute atomic E-state index is 0.0208. The van der Waals surface area contributed by atoms with Crippen LogP contribution in [0.4, 0.5) is 0 Å². The van der Waals surface area contributed by atoms with Crippen molar-refractivity contribution in [3.8, 4) is 11.4 Å². The van der Waals surface area contributed by atoms with Crippen LogP contribution in [0.5, 0.6) is 0 Å². The van der Waals surface area contributed by atoms with E-state index in [1.807, 2.05) is 96.8 Å². The summed E-state index contributed by atoms with van der Waals surface area (Å²) in [5.41, 5.74) is 2.02. The van der Waals surface area contributed by atoms with Gasteiger partial charge in [0.1, 0.15) is 0 Å². The molecule has 0 unspecified atom stereocenters. The van der Waals surface area contributed by atoms with Gasteiger partial charge in [-0.2, -0.15) is 5.10 Å². The monoisotopic (exact) mass is 458 g/mol. The summed E-state index contributed by atoms with van der Waals surface area (Å²) in [5.74, 6) is 1.33. The zero-order valence-corrected chi connectivity index (χ0v) is 19.6. The van der Waals surface area contributed by atoms with E-state index in [9.17, 15) is 4.79 Å². The van der Waals surface area contributed by atoms with Crippen molar-refractivity contribution in [3.05, 3.63) is 107 Å². The van der Waals surface area contributed by atoms with Gasteiger partial charge in [0.25, 0.3) is 5.91 Å². The lowest BCUT2D eigenvalue weighted by atomic mass is 9.97. The number of aromatic amines is 1. The lowest BCUT2D eigenvalue weighted by Crippen LogP contribution is -2.43. The first-order valence-electron chi connectivity index (χ1n) is 11.1. The summed E-state index contributed by atoms with van der Waals surface area (Å²) in [6, 6.07) is 27.1. The van der Waals surface area contributed by atoms with Gasteiger partial charge >= 0.3 is 0 Å². The van der Waals surface area contributed by atoms with Crippen LogP contribution in [0.15, 0.2) is 84.9 Å². The molecule has 1 fully saturated rings. The Bertz CT molecular complexity index is 1180. The molecule has 1 aliphatic rings. The molecule has 1 aliphatic heterocycles. The van der Waals surface area contributed by atoms with E-state index in [1.54, 1.807) is 0 Å². The van der Waals surface area contributed by atoms with Crippen molar-refractivity contribution >= 4 is 17.5 Å². The summed E-state index contributed by atoms with van der Waals surface area (Å²) in [6.07, 6.45) is 1.77. The Hall–Kier alpha value is -3.44. The van der Waals surface area contributed by atoms with Crippen LogP contribution in [0.25, 0.3) is 11.4 Å². The first kappa shape index (κ1) is 22.7. The molecule has 0 radical (unpaired) electrons. The zero-order valence-electron chi connectivity index (χ0n) is 18.8. The Balaban J connectivity index is 0.000000376. The fraction of sp³-hybridized carbons (Fsp3) is 0.222. The zero-order chi connectivity index (χ0) is 23.3. The van der Waals surface area contributed by atoms with Gasteiger partial charge in [-0.3, -0.25) is 9.89 Å². The number of amides is 1. The van der Waals surface area contributed by atoms with E-state index >= 15 is 0 Å². The number of likely N-dealkylation sites (tertiary alicyclic amines) is 1. The number of rotatable bonds is 3. The smallest absolute Gasteiger partial charge is 0.254 e. The second kappa shape index (κ2) is 10.0. The molecule has 33 heavy (non-hydrogen) atoms. The van der Waals surface area contributed by atoms with E-state index in [0.29, 0.717) is 28.8 Å². The van der Waals surface area contributed by atoms with Crippen LogP contribution in [0.1, 0.15) is 41.5 Å². The lowest BCUT2D eigenvalue weighted by Gasteiger charge is -2.33. The van der Waals surface area contributed by atoms with Crippen molar-refractivity contribution in [1.82, 2.24) is 20.1 Å². The molecule has 0 bridgehead atoms. The highest BCUT2D eigenvalue weighted by atomic mass is 35.5.